The number of halogens is 2. The second-order valence-electron chi connectivity index (χ2n) is 4.57. The van der Waals surface area contributed by atoms with Gasteiger partial charge in [0, 0.05) is 4.47 Å². The molecule has 0 N–H and O–H groups in total. The van der Waals surface area contributed by atoms with Crippen molar-refractivity contribution in [1.82, 2.24) is 0 Å². The van der Waals surface area contributed by atoms with E-state index in [2.05, 4.69) is 15.9 Å². The fourth-order valence-electron chi connectivity index (χ4n) is 2.17. The van der Waals surface area contributed by atoms with Gasteiger partial charge in [0.2, 0.25) is 0 Å². The van der Waals surface area contributed by atoms with E-state index in [4.69, 9.17) is 30.5 Å². The fraction of sp³-hybridized carbons (Fsp3) is 0.600. The van der Waals surface area contributed by atoms with Gasteiger partial charge in [0.25, 0.3) is 0 Å². The van der Waals surface area contributed by atoms with Crippen LogP contribution in [0.2, 0.25) is 0 Å². The molecule has 2 atom stereocenters. The summed E-state index contributed by atoms with van der Waals surface area (Å²) >= 11 is 10.1. The predicted octanol–water partition coefficient (Wildman–Crippen LogP) is 3.94. The van der Waals surface area contributed by atoms with Crippen LogP contribution in [0, 0.1) is 0 Å². The average molecular weight is 380 g/mol. The normalized spacial score (nSPS) is 20.1. The van der Waals surface area contributed by atoms with Crippen LogP contribution in [-0.4, -0.2) is 39.1 Å². The smallest absolute Gasteiger partial charge is 0.162 e. The van der Waals surface area contributed by atoms with E-state index >= 15 is 0 Å². The van der Waals surface area contributed by atoms with E-state index in [1.54, 1.807) is 0 Å². The molecule has 1 saturated heterocycles. The quantitative estimate of drug-likeness (QED) is 0.702. The van der Waals surface area contributed by atoms with Crippen molar-refractivity contribution in [2.75, 3.05) is 33.0 Å². The molecule has 1 aliphatic heterocycles. The minimum atomic E-state index is -0.311. The molecule has 1 heterocycles. The minimum Gasteiger partial charge on any atom is -0.490 e. The van der Waals surface area contributed by atoms with E-state index in [1.807, 2.05) is 26.0 Å². The summed E-state index contributed by atoms with van der Waals surface area (Å²) in [5.41, 5.74) is 0.916. The number of rotatable bonds is 6. The Labute approximate surface area is 138 Å². The van der Waals surface area contributed by atoms with Crippen molar-refractivity contribution >= 4 is 27.5 Å². The highest BCUT2D eigenvalue weighted by atomic mass is 79.9. The molecular weight excluding hydrogens is 360 g/mol. The summed E-state index contributed by atoms with van der Waals surface area (Å²) in [5, 5.41) is -0.311. The Morgan fingerprint density at radius 1 is 1.24 bits per heavy atom. The topological polar surface area (TPSA) is 36.9 Å². The van der Waals surface area contributed by atoms with Crippen molar-refractivity contribution in [2.45, 2.75) is 25.3 Å². The van der Waals surface area contributed by atoms with Gasteiger partial charge in [0.05, 0.1) is 38.4 Å². The molecule has 0 bridgehead atoms. The van der Waals surface area contributed by atoms with Crippen LogP contribution in [-0.2, 0) is 9.47 Å². The summed E-state index contributed by atoms with van der Waals surface area (Å²) in [6.07, 6.45) is -0.163. The number of hydrogen-bond acceptors (Lipinski definition) is 4. The Kier molecular flexibility index (Phi) is 6.61. The lowest BCUT2D eigenvalue weighted by Crippen LogP contribution is -2.32. The zero-order valence-electron chi connectivity index (χ0n) is 12.2. The van der Waals surface area contributed by atoms with Crippen molar-refractivity contribution in [2.24, 2.45) is 0 Å². The van der Waals surface area contributed by atoms with E-state index in [0.29, 0.717) is 44.5 Å². The fourth-order valence-corrected chi connectivity index (χ4v) is 3.20. The number of hydrogen-bond donors (Lipinski definition) is 0. The Bertz CT molecular complexity index is 463. The van der Waals surface area contributed by atoms with Gasteiger partial charge in [-0.3, -0.25) is 0 Å². The Morgan fingerprint density at radius 3 is 2.48 bits per heavy atom. The van der Waals surface area contributed by atoms with E-state index in [0.717, 1.165) is 10.0 Å². The summed E-state index contributed by atoms with van der Waals surface area (Å²) in [6.45, 7) is 6.71. The van der Waals surface area contributed by atoms with E-state index in [9.17, 15) is 0 Å². The van der Waals surface area contributed by atoms with Crippen LogP contribution >= 0.6 is 27.5 Å². The second kappa shape index (κ2) is 8.22. The van der Waals surface area contributed by atoms with Crippen LogP contribution in [0.25, 0.3) is 0 Å². The van der Waals surface area contributed by atoms with Crippen molar-refractivity contribution in [3.8, 4) is 11.5 Å². The monoisotopic (exact) mass is 378 g/mol. The van der Waals surface area contributed by atoms with Gasteiger partial charge in [-0.25, -0.2) is 0 Å². The summed E-state index contributed by atoms with van der Waals surface area (Å²) in [7, 11) is 0. The highest BCUT2D eigenvalue weighted by molar-refractivity contribution is 9.10. The maximum absolute atomic E-state index is 6.56. The van der Waals surface area contributed by atoms with Crippen LogP contribution in [0.5, 0.6) is 11.5 Å². The van der Waals surface area contributed by atoms with E-state index in [1.165, 1.54) is 0 Å². The van der Waals surface area contributed by atoms with Crippen LogP contribution in [0.15, 0.2) is 16.6 Å². The Morgan fingerprint density at radius 2 is 1.90 bits per heavy atom. The zero-order valence-corrected chi connectivity index (χ0v) is 14.6. The van der Waals surface area contributed by atoms with Gasteiger partial charge in [-0.1, -0.05) is 15.9 Å². The Hall–Kier alpha value is -0.490. The maximum atomic E-state index is 6.56. The van der Waals surface area contributed by atoms with E-state index in [-0.39, 0.29) is 11.5 Å². The Balaban J connectivity index is 2.27. The lowest BCUT2D eigenvalue weighted by molar-refractivity contribution is -0.0893. The predicted molar refractivity (Wildman–Crippen MR) is 85.6 cm³/mol. The van der Waals surface area contributed by atoms with Crippen molar-refractivity contribution < 1.29 is 18.9 Å². The third-order valence-corrected chi connectivity index (χ3v) is 4.33. The first-order valence-electron chi connectivity index (χ1n) is 7.09. The molecule has 2 unspecified atom stereocenters. The molecule has 1 aliphatic rings. The van der Waals surface area contributed by atoms with Crippen LogP contribution in [0.1, 0.15) is 24.8 Å². The highest BCUT2D eigenvalue weighted by Crippen LogP contribution is 2.40. The molecule has 21 heavy (non-hydrogen) atoms. The average Bonchev–Trinajstić information content (AvgIpc) is 2.50. The molecule has 1 aromatic rings. The molecule has 0 aliphatic carbocycles. The van der Waals surface area contributed by atoms with Gasteiger partial charge < -0.3 is 18.9 Å². The SMILES string of the molecule is CCOc1cc(Br)c(C(Cl)C2COCCO2)cc1OCC. The van der Waals surface area contributed by atoms with Gasteiger partial charge in [-0.2, -0.15) is 0 Å². The lowest BCUT2D eigenvalue weighted by Gasteiger charge is -2.28. The van der Waals surface area contributed by atoms with Crippen molar-refractivity contribution in [3.05, 3.63) is 22.2 Å². The molecule has 118 valence electrons. The van der Waals surface area contributed by atoms with Gasteiger partial charge >= 0.3 is 0 Å². The van der Waals surface area contributed by atoms with Gasteiger partial charge in [-0.15, -0.1) is 11.6 Å². The first-order valence-corrected chi connectivity index (χ1v) is 8.32. The maximum Gasteiger partial charge on any atom is 0.162 e. The van der Waals surface area contributed by atoms with E-state index < -0.39 is 0 Å². The van der Waals surface area contributed by atoms with Crippen molar-refractivity contribution in [1.29, 1.82) is 0 Å². The van der Waals surface area contributed by atoms with Gasteiger partial charge in [0.1, 0.15) is 6.10 Å². The number of benzene rings is 1. The minimum absolute atomic E-state index is 0.163. The molecule has 6 heteroatoms. The van der Waals surface area contributed by atoms with Crippen LogP contribution < -0.4 is 9.47 Å². The first kappa shape index (κ1) is 16.9. The summed E-state index contributed by atoms with van der Waals surface area (Å²) in [6, 6.07) is 3.80. The number of ether oxygens (including phenoxy) is 4. The van der Waals surface area contributed by atoms with Crippen LogP contribution in [0.4, 0.5) is 0 Å². The molecule has 0 saturated carbocycles. The third kappa shape index (κ3) is 4.25. The molecule has 0 amide bonds. The van der Waals surface area contributed by atoms with Crippen LogP contribution in [0.3, 0.4) is 0 Å². The third-order valence-electron chi connectivity index (χ3n) is 3.13. The molecule has 1 fully saturated rings. The molecule has 0 radical (unpaired) electrons. The second-order valence-corrected chi connectivity index (χ2v) is 5.90. The molecular formula is C15H20BrClO4. The molecule has 0 spiro atoms. The highest BCUT2D eigenvalue weighted by Gasteiger charge is 2.27. The van der Waals surface area contributed by atoms with Crippen molar-refractivity contribution in [3.63, 3.8) is 0 Å². The molecule has 0 aromatic heterocycles. The summed E-state index contributed by atoms with van der Waals surface area (Å²) in [5.74, 6) is 1.40. The molecule has 2 rings (SSSR count). The molecule has 1 aromatic carbocycles. The van der Waals surface area contributed by atoms with Gasteiger partial charge in [0.15, 0.2) is 11.5 Å². The first-order chi connectivity index (χ1) is 10.2. The zero-order chi connectivity index (χ0) is 15.2. The summed E-state index contributed by atoms with van der Waals surface area (Å²) in [4.78, 5) is 0. The van der Waals surface area contributed by atoms with Gasteiger partial charge in [-0.05, 0) is 31.5 Å². The number of alkyl halides is 1. The lowest BCUT2D eigenvalue weighted by atomic mass is 10.1. The molecule has 4 nitrogen and oxygen atoms in total. The standard InChI is InChI=1S/C15H20BrClO4/c1-3-19-12-7-10(11(16)8-13(12)20-4-2)15(17)14-9-18-5-6-21-14/h7-8,14-15H,3-6,9H2,1-2H3. The largest absolute Gasteiger partial charge is 0.490 e. The summed E-state index contributed by atoms with van der Waals surface area (Å²) < 4.78 is 23.2.